The number of rotatable bonds is 2. The van der Waals surface area contributed by atoms with Crippen LogP contribution in [0.15, 0.2) is 0 Å². The second-order valence-corrected chi connectivity index (χ2v) is 6.65. The molecule has 0 unspecified atom stereocenters. The highest BCUT2D eigenvalue weighted by Crippen LogP contribution is 2.53. The molecule has 0 atom stereocenters. The second-order valence-electron chi connectivity index (χ2n) is 6.65. The molecule has 2 saturated heterocycles. The van der Waals surface area contributed by atoms with E-state index in [4.69, 9.17) is 4.74 Å². The van der Waals surface area contributed by atoms with E-state index in [2.05, 4.69) is 17.6 Å². The van der Waals surface area contributed by atoms with Crippen LogP contribution in [0.2, 0.25) is 0 Å². The minimum atomic E-state index is -0.418. The molecular formula is C12H22N2O2. The molecule has 1 aliphatic carbocycles. The molecule has 16 heavy (non-hydrogen) atoms. The predicted octanol–water partition coefficient (Wildman–Crippen LogP) is 1.65. The molecule has 3 fully saturated rings. The van der Waals surface area contributed by atoms with Gasteiger partial charge >= 0.3 is 6.09 Å². The number of carbonyl (C=O) groups excluding carboxylic acids is 1. The van der Waals surface area contributed by atoms with Crippen LogP contribution in [0.4, 0.5) is 4.79 Å². The maximum Gasteiger partial charge on any atom is 0.407 e. The van der Waals surface area contributed by atoms with E-state index in [0.717, 1.165) is 19.4 Å². The number of hydrogen-bond donors (Lipinski definition) is 2. The summed E-state index contributed by atoms with van der Waals surface area (Å²) in [6.45, 7) is 9.66. The van der Waals surface area contributed by atoms with Gasteiger partial charge in [-0.15, -0.1) is 0 Å². The highest BCUT2D eigenvalue weighted by atomic mass is 16.6. The van der Waals surface area contributed by atoms with E-state index in [1.54, 1.807) is 0 Å². The smallest absolute Gasteiger partial charge is 0.407 e. The Bertz CT molecular complexity index is 301. The minimum Gasteiger partial charge on any atom is -0.444 e. The number of amides is 1. The summed E-state index contributed by atoms with van der Waals surface area (Å²) in [4.78, 5) is 11.5. The van der Waals surface area contributed by atoms with Crippen molar-refractivity contribution in [2.75, 3.05) is 13.1 Å². The molecule has 2 heterocycles. The third-order valence-corrected chi connectivity index (χ3v) is 3.39. The highest BCUT2D eigenvalue weighted by molar-refractivity contribution is 5.67. The van der Waals surface area contributed by atoms with Crippen LogP contribution in [-0.4, -0.2) is 30.3 Å². The number of carbonyl (C=O) groups is 1. The van der Waals surface area contributed by atoms with E-state index >= 15 is 0 Å². The number of hydrogen-bond acceptors (Lipinski definition) is 3. The van der Waals surface area contributed by atoms with Crippen molar-refractivity contribution in [3.05, 3.63) is 0 Å². The van der Waals surface area contributed by atoms with Crippen molar-refractivity contribution in [2.24, 2.45) is 5.41 Å². The molecule has 0 spiro atoms. The Morgan fingerprint density at radius 3 is 2.50 bits per heavy atom. The fourth-order valence-corrected chi connectivity index (χ4v) is 2.98. The zero-order valence-electron chi connectivity index (χ0n) is 10.6. The average molecular weight is 226 g/mol. The lowest BCUT2D eigenvalue weighted by atomic mass is 9.63. The van der Waals surface area contributed by atoms with Crippen LogP contribution in [0.1, 0.15) is 40.5 Å². The number of nitrogens with one attached hydrogen (secondary N) is 2. The van der Waals surface area contributed by atoms with Gasteiger partial charge in [0.25, 0.3) is 0 Å². The van der Waals surface area contributed by atoms with Gasteiger partial charge < -0.3 is 15.4 Å². The lowest BCUT2D eigenvalue weighted by molar-refractivity contribution is 0.0474. The van der Waals surface area contributed by atoms with Crippen LogP contribution in [0.3, 0.4) is 0 Å². The Kier molecular flexibility index (Phi) is 2.46. The molecule has 4 heteroatoms. The molecule has 3 rings (SSSR count). The summed E-state index contributed by atoms with van der Waals surface area (Å²) < 4.78 is 5.21. The molecule has 1 saturated carbocycles. The normalized spacial score (nSPS) is 36.8. The zero-order chi connectivity index (χ0) is 12.0. The summed E-state index contributed by atoms with van der Waals surface area (Å²) in [5.74, 6) is 0. The fourth-order valence-electron chi connectivity index (χ4n) is 2.98. The second kappa shape index (κ2) is 3.36. The van der Waals surface area contributed by atoms with Gasteiger partial charge in [0.15, 0.2) is 0 Å². The minimum absolute atomic E-state index is 0.144. The molecule has 0 aromatic heterocycles. The molecule has 0 aromatic rings. The number of ether oxygens (including phenoxy) is 1. The molecule has 2 bridgehead atoms. The molecule has 2 aliphatic heterocycles. The van der Waals surface area contributed by atoms with Crippen LogP contribution in [0, 0.1) is 5.41 Å². The molecule has 1 amide bonds. The number of alkyl carbamates (subject to hydrolysis) is 1. The van der Waals surface area contributed by atoms with Gasteiger partial charge in [-0.2, -0.15) is 0 Å². The average Bonchev–Trinajstić information content (AvgIpc) is 2.51. The van der Waals surface area contributed by atoms with Gasteiger partial charge in [-0.3, -0.25) is 0 Å². The zero-order valence-corrected chi connectivity index (χ0v) is 10.6. The first-order valence-corrected chi connectivity index (χ1v) is 5.94. The van der Waals surface area contributed by atoms with Crippen molar-refractivity contribution in [1.29, 1.82) is 0 Å². The van der Waals surface area contributed by atoms with Crippen molar-refractivity contribution < 1.29 is 9.53 Å². The van der Waals surface area contributed by atoms with Crippen molar-refractivity contribution in [2.45, 2.75) is 51.7 Å². The molecule has 4 nitrogen and oxygen atoms in total. The summed E-state index contributed by atoms with van der Waals surface area (Å²) >= 11 is 0. The van der Waals surface area contributed by atoms with Crippen LogP contribution >= 0.6 is 0 Å². The topological polar surface area (TPSA) is 50.4 Å². The monoisotopic (exact) mass is 226 g/mol. The van der Waals surface area contributed by atoms with Crippen LogP contribution < -0.4 is 10.6 Å². The summed E-state index contributed by atoms with van der Waals surface area (Å²) in [6.07, 6.45) is 2.01. The first-order valence-electron chi connectivity index (χ1n) is 5.94. The number of fused-ring (bicyclic) bond motifs is 1. The standard InChI is InChI=1S/C12H22N2O2/c1-10(2,3)16-9(15)13-8-12-5-11(4,6-12)7-14-12/h14H,5-8H2,1-4H3,(H,13,15). The first kappa shape index (κ1) is 11.7. The molecular weight excluding hydrogens is 204 g/mol. The van der Waals surface area contributed by atoms with Crippen molar-refractivity contribution in [1.82, 2.24) is 10.6 Å². The SMILES string of the molecule is CC12CNC(CNC(=O)OC(C)(C)C)(C1)C2. The van der Waals surface area contributed by atoms with Crippen LogP contribution in [-0.2, 0) is 4.74 Å². The third-order valence-electron chi connectivity index (χ3n) is 3.39. The molecule has 3 aliphatic rings. The Morgan fingerprint density at radius 2 is 2.06 bits per heavy atom. The highest BCUT2D eigenvalue weighted by Gasteiger charge is 2.57. The first-order chi connectivity index (χ1) is 7.22. The Hall–Kier alpha value is -0.770. The van der Waals surface area contributed by atoms with E-state index in [0.29, 0.717) is 12.0 Å². The van der Waals surface area contributed by atoms with Crippen LogP contribution in [0.5, 0.6) is 0 Å². The third kappa shape index (κ3) is 2.32. The Morgan fingerprint density at radius 1 is 1.44 bits per heavy atom. The molecule has 2 N–H and O–H groups in total. The lowest BCUT2D eigenvalue weighted by Crippen LogP contribution is -2.55. The summed E-state index contributed by atoms with van der Waals surface area (Å²) in [6, 6.07) is 0. The van der Waals surface area contributed by atoms with Gasteiger partial charge in [-0.1, -0.05) is 6.92 Å². The Labute approximate surface area is 97.1 Å². The van der Waals surface area contributed by atoms with Gasteiger partial charge in [-0.05, 0) is 39.0 Å². The lowest BCUT2D eigenvalue weighted by Gasteiger charge is -2.44. The van der Waals surface area contributed by atoms with Crippen molar-refractivity contribution in [3.63, 3.8) is 0 Å². The van der Waals surface area contributed by atoms with Gasteiger partial charge in [0.2, 0.25) is 0 Å². The molecule has 0 aromatic carbocycles. The fraction of sp³-hybridized carbons (Fsp3) is 0.917. The quantitative estimate of drug-likeness (QED) is 0.753. The van der Waals surface area contributed by atoms with Crippen molar-refractivity contribution in [3.8, 4) is 0 Å². The van der Waals surface area contributed by atoms with E-state index in [1.165, 1.54) is 0 Å². The maximum absolute atomic E-state index is 11.5. The van der Waals surface area contributed by atoms with Gasteiger partial charge in [0.05, 0.1) is 0 Å². The summed E-state index contributed by atoms with van der Waals surface area (Å²) in [5.41, 5.74) is 0.195. The van der Waals surface area contributed by atoms with E-state index in [-0.39, 0.29) is 11.6 Å². The van der Waals surface area contributed by atoms with Gasteiger partial charge in [-0.25, -0.2) is 4.79 Å². The van der Waals surface area contributed by atoms with Gasteiger partial charge in [0, 0.05) is 18.6 Å². The predicted molar refractivity (Wildman–Crippen MR) is 62.3 cm³/mol. The van der Waals surface area contributed by atoms with E-state index in [9.17, 15) is 4.79 Å². The maximum atomic E-state index is 11.5. The van der Waals surface area contributed by atoms with Crippen LogP contribution in [0.25, 0.3) is 0 Å². The van der Waals surface area contributed by atoms with Crippen molar-refractivity contribution >= 4 is 6.09 Å². The Balaban J connectivity index is 1.75. The molecule has 0 radical (unpaired) electrons. The van der Waals surface area contributed by atoms with E-state index < -0.39 is 5.60 Å². The largest absolute Gasteiger partial charge is 0.444 e. The summed E-state index contributed by atoms with van der Waals surface area (Å²) in [5, 5.41) is 6.35. The molecule has 92 valence electrons. The van der Waals surface area contributed by atoms with E-state index in [1.807, 2.05) is 20.8 Å². The summed E-state index contributed by atoms with van der Waals surface area (Å²) in [7, 11) is 0. The van der Waals surface area contributed by atoms with Gasteiger partial charge in [0.1, 0.15) is 5.60 Å².